The van der Waals surface area contributed by atoms with E-state index in [1.54, 1.807) is 7.05 Å². The van der Waals surface area contributed by atoms with Gasteiger partial charge in [0.15, 0.2) is 0 Å². The highest BCUT2D eigenvalue weighted by Gasteiger charge is 2.52. The molecule has 2 rings (SSSR count). The lowest BCUT2D eigenvalue weighted by Crippen LogP contribution is -2.42. The van der Waals surface area contributed by atoms with E-state index in [0.717, 1.165) is 17.7 Å². The summed E-state index contributed by atoms with van der Waals surface area (Å²) >= 11 is 4.77. The lowest BCUT2D eigenvalue weighted by atomic mass is 10.00. The van der Waals surface area contributed by atoms with Gasteiger partial charge in [-0.1, -0.05) is 19.1 Å². The van der Waals surface area contributed by atoms with Gasteiger partial charge in [0.2, 0.25) is 17.7 Å². The normalized spacial score (nSPS) is 27.9. The van der Waals surface area contributed by atoms with E-state index in [-0.39, 0.29) is 36.1 Å². The number of amides is 3. The quantitative estimate of drug-likeness (QED) is 0.577. The van der Waals surface area contributed by atoms with Crippen LogP contribution in [0.4, 0.5) is 0 Å². The summed E-state index contributed by atoms with van der Waals surface area (Å²) in [6, 6.07) is 0. The fourth-order valence-electron chi connectivity index (χ4n) is 3.16. The third kappa shape index (κ3) is 3.23. The van der Waals surface area contributed by atoms with E-state index in [2.05, 4.69) is 6.92 Å². The number of carbonyl (C=O) groups excluding carboxylic acids is 3. The number of hydrogen-bond acceptors (Lipinski definition) is 4. The monoisotopic (exact) mass is 311 g/mol. The fourth-order valence-corrected chi connectivity index (χ4v) is 3.25. The highest BCUT2D eigenvalue weighted by atomic mass is 32.1. The molecule has 0 radical (unpaired) electrons. The molecule has 2 fully saturated rings. The van der Waals surface area contributed by atoms with E-state index in [9.17, 15) is 14.4 Å². The van der Waals surface area contributed by atoms with Crippen LogP contribution in [-0.4, -0.2) is 52.6 Å². The van der Waals surface area contributed by atoms with Gasteiger partial charge in [0.05, 0.1) is 16.8 Å². The number of fused-ring (bicyclic) bond motifs is 1. The molecule has 0 aromatic rings. The maximum absolute atomic E-state index is 12.3. The molecule has 2 unspecified atom stereocenters. The van der Waals surface area contributed by atoms with Gasteiger partial charge in [-0.25, -0.2) is 0 Å². The minimum absolute atomic E-state index is 0.174. The van der Waals surface area contributed by atoms with E-state index in [1.807, 2.05) is 0 Å². The number of nitrogens with zero attached hydrogens (tertiary/aromatic N) is 2. The van der Waals surface area contributed by atoms with Gasteiger partial charge < -0.3 is 10.6 Å². The van der Waals surface area contributed by atoms with Gasteiger partial charge in [0.25, 0.3) is 0 Å². The topological polar surface area (TPSA) is 83.7 Å². The molecule has 6 nitrogen and oxygen atoms in total. The zero-order valence-corrected chi connectivity index (χ0v) is 13.2. The number of hydrogen-bond donors (Lipinski definition) is 1. The number of likely N-dealkylation sites (N-methyl/N-ethyl adjacent to an activating group) is 1. The molecule has 2 atom stereocenters. The van der Waals surface area contributed by atoms with Crippen LogP contribution in [0.25, 0.3) is 0 Å². The molecule has 116 valence electrons. The summed E-state index contributed by atoms with van der Waals surface area (Å²) in [6.07, 6.45) is 1.93. The molecule has 7 heteroatoms. The largest absolute Gasteiger partial charge is 0.393 e. The van der Waals surface area contributed by atoms with Crippen LogP contribution in [0.3, 0.4) is 0 Å². The van der Waals surface area contributed by atoms with E-state index in [0.29, 0.717) is 23.9 Å². The summed E-state index contributed by atoms with van der Waals surface area (Å²) in [5, 5.41) is 0. The highest BCUT2D eigenvalue weighted by molar-refractivity contribution is 7.80. The van der Waals surface area contributed by atoms with Crippen molar-refractivity contribution in [2.75, 3.05) is 20.1 Å². The van der Waals surface area contributed by atoms with Gasteiger partial charge in [0, 0.05) is 20.0 Å². The lowest BCUT2D eigenvalue weighted by Gasteiger charge is -2.21. The van der Waals surface area contributed by atoms with Crippen molar-refractivity contribution in [3.63, 3.8) is 0 Å². The van der Waals surface area contributed by atoms with Crippen molar-refractivity contribution in [1.29, 1.82) is 0 Å². The van der Waals surface area contributed by atoms with Gasteiger partial charge >= 0.3 is 0 Å². The Kier molecular flexibility index (Phi) is 4.61. The van der Waals surface area contributed by atoms with E-state index >= 15 is 0 Å². The number of nitrogens with two attached hydrogens (primary N) is 1. The molecule has 1 saturated heterocycles. The van der Waals surface area contributed by atoms with Crippen molar-refractivity contribution in [2.45, 2.75) is 26.2 Å². The third-order valence-electron chi connectivity index (χ3n) is 4.38. The lowest BCUT2D eigenvalue weighted by molar-refractivity contribution is -0.146. The summed E-state index contributed by atoms with van der Waals surface area (Å²) in [4.78, 5) is 39.5. The summed E-state index contributed by atoms with van der Waals surface area (Å²) in [5.74, 6) is -0.680. The zero-order valence-electron chi connectivity index (χ0n) is 12.4. The average Bonchev–Trinajstić information content (AvgIpc) is 2.89. The van der Waals surface area contributed by atoms with Crippen molar-refractivity contribution in [3.8, 4) is 0 Å². The summed E-state index contributed by atoms with van der Waals surface area (Å²) in [7, 11) is 1.62. The Bertz CT molecular complexity index is 470. The predicted octanol–water partition coefficient (Wildman–Crippen LogP) is 0.152. The Morgan fingerprint density at radius 3 is 2.33 bits per heavy atom. The number of rotatable bonds is 5. The molecule has 2 N–H and O–H groups in total. The molecule has 1 saturated carbocycles. The van der Waals surface area contributed by atoms with Crippen LogP contribution in [0.2, 0.25) is 0 Å². The summed E-state index contributed by atoms with van der Waals surface area (Å²) in [5.41, 5.74) is 5.40. The fraction of sp³-hybridized carbons (Fsp3) is 0.714. The maximum Gasteiger partial charge on any atom is 0.242 e. The molecule has 1 aliphatic heterocycles. The van der Waals surface area contributed by atoms with Crippen LogP contribution in [0.1, 0.15) is 26.2 Å². The first-order valence-electron chi connectivity index (χ1n) is 7.18. The molecule has 0 aromatic heterocycles. The standard InChI is InChI=1S/C14H21N3O3S/c1-8-5-9-10(6-8)14(20)17(13(9)19)7-12(18)16(2)4-3-11(15)21/h8-10H,3-7H2,1-2H3,(H2,15,21). The number of thiocarbonyl (C=S) groups is 1. The van der Waals surface area contributed by atoms with Gasteiger partial charge in [-0.3, -0.25) is 19.3 Å². The Morgan fingerprint density at radius 1 is 1.33 bits per heavy atom. The first-order chi connectivity index (χ1) is 9.81. The van der Waals surface area contributed by atoms with Crippen LogP contribution in [-0.2, 0) is 14.4 Å². The number of imide groups is 1. The molecule has 1 heterocycles. The average molecular weight is 311 g/mol. The van der Waals surface area contributed by atoms with Crippen molar-refractivity contribution in [1.82, 2.24) is 9.80 Å². The van der Waals surface area contributed by atoms with Gasteiger partial charge in [-0.15, -0.1) is 0 Å². The minimum Gasteiger partial charge on any atom is -0.393 e. The Hall–Kier alpha value is -1.50. The van der Waals surface area contributed by atoms with Crippen LogP contribution in [0.5, 0.6) is 0 Å². The Balaban J connectivity index is 1.94. The first kappa shape index (κ1) is 15.9. The highest BCUT2D eigenvalue weighted by Crippen LogP contribution is 2.42. The smallest absolute Gasteiger partial charge is 0.242 e. The second-order valence-electron chi connectivity index (χ2n) is 6.08. The number of likely N-dealkylation sites (tertiary alicyclic amines) is 1. The summed E-state index contributed by atoms with van der Waals surface area (Å²) in [6.45, 7) is 2.28. The molecule has 0 bridgehead atoms. The van der Waals surface area contributed by atoms with Gasteiger partial charge in [0.1, 0.15) is 6.54 Å². The van der Waals surface area contributed by atoms with E-state index in [4.69, 9.17) is 18.0 Å². The molecular weight excluding hydrogens is 290 g/mol. The molecular formula is C14H21N3O3S. The van der Waals surface area contributed by atoms with Gasteiger partial charge in [-0.2, -0.15) is 0 Å². The Labute approximate surface area is 129 Å². The van der Waals surface area contributed by atoms with E-state index in [1.165, 1.54) is 4.90 Å². The predicted molar refractivity (Wildman–Crippen MR) is 81.1 cm³/mol. The van der Waals surface area contributed by atoms with Crippen molar-refractivity contribution in [3.05, 3.63) is 0 Å². The van der Waals surface area contributed by atoms with Crippen LogP contribution >= 0.6 is 12.2 Å². The maximum atomic E-state index is 12.3. The molecule has 21 heavy (non-hydrogen) atoms. The molecule has 2 aliphatic rings. The van der Waals surface area contributed by atoms with Gasteiger partial charge in [-0.05, 0) is 18.8 Å². The van der Waals surface area contributed by atoms with Crippen LogP contribution in [0, 0.1) is 17.8 Å². The van der Waals surface area contributed by atoms with Crippen molar-refractivity contribution < 1.29 is 14.4 Å². The molecule has 1 aliphatic carbocycles. The third-order valence-corrected chi connectivity index (χ3v) is 4.58. The molecule has 0 spiro atoms. The Morgan fingerprint density at radius 2 is 1.86 bits per heavy atom. The zero-order chi connectivity index (χ0) is 15.7. The first-order valence-corrected chi connectivity index (χ1v) is 7.59. The minimum atomic E-state index is -0.263. The molecule has 0 aromatic carbocycles. The van der Waals surface area contributed by atoms with Crippen LogP contribution < -0.4 is 5.73 Å². The van der Waals surface area contributed by atoms with E-state index < -0.39 is 0 Å². The van der Waals surface area contributed by atoms with Crippen molar-refractivity contribution >= 4 is 34.9 Å². The molecule has 3 amide bonds. The second kappa shape index (κ2) is 6.09. The van der Waals surface area contributed by atoms with Crippen molar-refractivity contribution in [2.24, 2.45) is 23.5 Å². The SMILES string of the molecule is CC1CC2C(=O)N(CC(=O)N(C)CCC(N)=S)C(=O)C2C1. The van der Waals surface area contributed by atoms with Crippen LogP contribution in [0.15, 0.2) is 0 Å². The summed E-state index contributed by atoms with van der Waals surface area (Å²) < 4.78 is 0. The number of carbonyl (C=O) groups is 3. The second-order valence-corrected chi connectivity index (χ2v) is 6.61.